The highest BCUT2D eigenvalue weighted by Crippen LogP contribution is 2.22. The Bertz CT molecular complexity index is 646. The van der Waals surface area contributed by atoms with Crippen molar-refractivity contribution < 1.29 is 18.7 Å². The molecule has 0 atom stereocenters. The third-order valence-corrected chi connectivity index (χ3v) is 3.97. The Morgan fingerprint density at radius 1 is 1.32 bits per heavy atom. The monoisotopic (exact) mass is 304 g/mol. The van der Waals surface area contributed by atoms with E-state index in [4.69, 9.17) is 9.52 Å². The van der Waals surface area contributed by atoms with Gasteiger partial charge in [0.15, 0.2) is 0 Å². The zero-order valence-corrected chi connectivity index (χ0v) is 12.0. The summed E-state index contributed by atoms with van der Waals surface area (Å²) >= 11 is 0. The Labute approximate surface area is 127 Å². The van der Waals surface area contributed by atoms with Crippen molar-refractivity contribution in [2.75, 3.05) is 13.1 Å². The third kappa shape index (κ3) is 3.33. The molecule has 0 spiro atoms. The normalized spacial score (nSPS) is 16.8. The molecule has 0 unspecified atom stereocenters. The van der Waals surface area contributed by atoms with E-state index in [2.05, 4.69) is 9.88 Å². The third-order valence-electron chi connectivity index (χ3n) is 3.97. The van der Waals surface area contributed by atoms with Gasteiger partial charge < -0.3 is 9.52 Å². The number of halogens is 1. The molecule has 3 rings (SSSR count). The van der Waals surface area contributed by atoms with Gasteiger partial charge >= 0.3 is 5.97 Å². The van der Waals surface area contributed by atoms with Crippen molar-refractivity contribution >= 4 is 5.97 Å². The molecule has 1 N–H and O–H groups in total. The number of carboxylic acids is 1. The van der Waals surface area contributed by atoms with E-state index in [9.17, 15) is 9.18 Å². The second-order valence-corrected chi connectivity index (χ2v) is 5.54. The van der Waals surface area contributed by atoms with Gasteiger partial charge in [0.25, 0.3) is 0 Å². The fraction of sp³-hybridized carbons (Fsp3) is 0.375. The van der Waals surface area contributed by atoms with Crippen molar-refractivity contribution in [1.29, 1.82) is 0 Å². The largest absolute Gasteiger partial charge is 0.481 e. The predicted octanol–water partition coefficient (Wildman–Crippen LogP) is 2.78. The molecule has 22 heavy (non-hydrogen) atoms. The summed E-state index contributed by atoms with van der Waals surface area (Å²) in [5.74, 6) is -0.768. The summed E-state index contributed by atoms with van der Waals surface area (Å²) < 4.78 is 18.3. The molecule has 1 aromatic carbocycles. The number of rotatable bonds is 4. The number of carbonyl (C=O) groups is 1. The molecule has 0 amide bonds. The Kier molecular flexibility index (Phi) is 4.20. The van der Waals surface area contributed by atoms with Gasteiger partial charge in [-0.2, -0.15) is 0 Å². The van der Waals surface area contributed by atoms with Crippen LogP contribution in [0, 0.1) is 11.7 Å². The lowest BCUT2D eigenvalue weighted by Gasteiger charge is -2.29. The van der Waals surface area contributed by atoms with Crippen molar-refractivity contribution in [2.24, 2.45) is 5.92 Å². The lowest BCUT2D eigenvalue weighted by atomic mass is 9.97. The summed E-state index contributed by atoms with van der Waals surface area (Å²) in [6.45, 7) is 2.13. The topological polar surface area (TPSA) is 66.6 Å². The van der Waals surface area contributed by atoms with E-state index in [-0.39, 0.29) is 11.7 Å². The van der Waals surface area contributed by atoms with Gasteiger partial charge in [0, 0.05) is 12.1 Å². The first-order valence-electron chi connectivity index (χ1n) is 7.27. The van der Waals surface area contributed by atoms with Crippen LogP contribution < -0.4 is 0 Å². The van der Waals surface area contributed by atoms with E-state index >= 15 is 0 Å². The maximum absolute atomic E-state index is 12.9. The summed E-state index contributed by atoms with van der Waals surface area (Å²) in [5.41, 5.74) is 1.53. The first-order chi connectivity index (χ1) is 10.6. The molecule has 6 heteroatoms. The van der Waals surface area contributed by atoms with Gasteiger partial charge in [-0.05, 0) is 50.2 Å². The number of aliphatic carboxylic acids is 1. The number of hydrogen-bond donors (Lipinski definition) is 1. The molecule has 1 aromatic heterocycles. The summed E-state index contributed by atoms with van der Waals surface area (Å²) in [6.07, 6.45) is 2.93. The smallest absolute Gasteiger partial charge is 0.306 e. The highest BCUT2D eigenvalue weighted by atomic mass is 19.1. The van der Waals surface area contributed by atoms with Crippen LogP contribution >= 0.6 is 0 Å². The summed E-state index contributed by atoms with van der Waals surface area (Å²) in [5, 5.41) is 8.99. The van der Waals surface area contributed by atoms with Crippen molar-refractivity contribution in [3.05, 3.63) is 42.0 Å². The summed E-state index contributed by atoms with van der Waals surface area (Å²) in [6, 6.07) is 6.00. The molecule has 1 aliphatic rings. The van der Waals surface area contributed by atoms with Gasteiger partial charge in [0.1, 0.15) is 12.1 Å². The number of benzene rings is 1. The maximum atomic E-state index is 12.9. The van der Waals surface area contributed by atoms with Gasteiger partial charge in [-0.3, -0.25) is 9.69 Å². The first kappa shape index (κ1) is 14.7. The fourth-order valence-electron chi connectivity index (χ4n) is 2.67. The Hall–Kier alpha value is -2.21. The van der Waals surface area contributed by atoms with Crippen LogP contribution in [0.5, 0.6) is 0 Å². The SMILES string of the molecule is O=C(O)C1CCN(Cc2coc(-c3ccc(F)cc3)n2)CC1. The van der Waals surface area contributed by atoms with Gasteiger partial charge in [-0.15, -0.1) is 0 Å². The molecule has 1 aliphatic heterocycles. The number of hydrogen-bond acceptors (Lipinski definition) is 4. The molecule has 0 radical (unpaired) electrons. The number of oxazole rings is 1. The molecule has 2 aromatic rings. The minimum absolute atomic E-state index is 0.233. The zero-order valence-electron chi connectivity index (χ0n) is 12.0. The number of aromatic nitrogens is 1. The lowest BCUT2D eigenvalue weighted by Crippen LogP contribution is -2.35. The molecule has 2 heterocycles. The molecular weight excluding hydrogens is 287 g/mol. The average molecular weight is 304 g/mol. The fourth-order valence-corrected chi connectivity index (χ4v) is 2.67. The minimum atomic E-state index is -0.709. The predicted molar refractivity (Wildman–Crippen MR) is 77.5 cm³/mol. The van der Waals surface area contributed by atoms with E-state index in [1.165, 1.54) is 12.1 Å². The van der Waals surface area contributed by atoms with Crippen molar-refractivity contribution in [3.8, 4) is 11.5 Å². The molecule has 116 valence electrons. The number of carboxylic acid groups (broad SMARTS) is 1. The van der Waals surface area contributed by atoms with Crippen LogP contribution in [-0.2, 0) is 11.3 Å². The highest BCUT2D eigenvalue weighted by Gasteiger charge is 2.24. The molecule has 1 saturated heterocycles. The zero-order chi connectivity index (χ0) is 15.5. The second-order valence-electron chi connectivity index (χ2n) is 5.54. The van der Waals surface area contributed by atoms with Gasteiger partial charge in [-0.1, -0.05) is 0 Å². The van der Waals surface area contributed by atoms with Crippen LogP contribution in [0.4, 0.5) is 4.39 Å². The van der Waals surface area contributed by atoms with E-state index in [0.29, 0.717) is 25.3 Å². The van der Waals surface area contributed by atoms with Crippen LogP contribution in [0.25, 0.3) is 11.5 Å². The van der Waals surface area contributed by atoms with E-state index < -0.39 is 5.97 Å². The van der Waals surface area contributed by atoms with Crippen molar-refractivity contribution in [2.45, 2.75) is 19.4 Å². The number of likely N-dealkylation sites (tertiary alicyclic amines) is 1. The number of nitrogens with zero attached hydrogens (tertiary/aromatic N) is 2. The van der Waals surface area contributed by atoms with Crippen molar-refractivity contribution in [3.63, 3.8) is 0 Å². The van der Waals surface area contributed by atoms with Crippen LogP contribution in [0.15, 0.2) is 34.9 Å². The maximum Gasteiger partial charge on any atom is 0.306 e. The molecule has 1 fully saturated rings. The molecule has 0 aliphatic carbocycles. The van der Waals surface area contributed by atoms with Gasteiger partial charge in [0.05, 0.1) is 11.6 Å². The van der Waals surface area contributed by atoms with Gasteiger partial charge in [-0.25, -0.2) is 9.37 Å². The summed E-state index contributed by atoms with van der Waals surface area (Å²) in [7, 11) is 0. The molecular formula is C16H17FN2O3. The van der Waals surface area contributed by atoms with Crippen LogP contribution in [0.3, 0.4) is 0 Å². The van der Waals surface area contributed by atoms with E-state index in [1.54, 1.807) is 18.4 Å². The molecule has 0 bridgehead atoms. The summed E-state index contributed by atoms with van der Waals surface area (Å²) in [4.78, 5) is 17.5. The van der Waals surface area contributed by atoms with E-state index in [0.717, 1.165) is 24.3 Å². The minimum Gasteiger partial charge on any atom is -0.481 e. The average Bonchev–Trinajstić information content (AvgIpc) is 2.97. The van der Waals surface area contributed by atoms with Crippen LogP contribution in [0.1, 0.15) is 18.5 Å². The van der Waals surface area contributed by atoms with Gasteiger partial charge in [0.2, 0.25) is 5.89 Å². The second kappa shape index (κ2) is 6.27. The van der Waals surface area contributed by atoms with Crippen molar-refractivity contribution in [1.82, 2.24) is 9.88 Å². The quantitative estimate of drug-likeness (QED) is 0.941. The Balaban J connectivity index is 1.60. The lowest BCUT2D eigenvalue weighted by molar-refractivity contribution is -0.143. The Morgan fingerprint density at radius 3 is 2.64 bits per heavy atom. The van der Waals surface area contributed by atoms with Crippen LogP contribution in [-0.4, -0.2) is 34.0 Å². The highest BCUT2D eigenvalue weighted by molar-refractivity contribution is 5.70. The number of piperidine rings is 1. The Morgan fingerprint density at radius 2 is 2.00 bits per heavy atom. The standard InChI is InChI=1S/C16H17FN2O3/c17-13-3-1-11(2-4-13)15-18-14(10-22-15)9-19-7-5-12(6-8-19)16(20)21/h1-4,10,12H,5-9H2,(H,20,21). The first-order valence-corrected chi connectivity index (χ1v) is 7.27. The molecule has 0 saturated carbocycles. The van der Waals surface area contributed by atoms with Crippen LogP contribution in [0.2, 0.25) is 0 Å². The molecule has 5 nitrogen and oxygen atoms in total. The van der Waals surface area contributed by atoms with E-state index in [1.807, 2.05) is 0 Å².